The van der Waals surface area contributed by atoms with Crippen molar-refractivity contribution in [2.75, 3.05) is 7.11 Å². The normalized spacial score (nSPS) is 33.2. The Kier molecular flexibility index (Phi) is 2.32. The molecule has 0 unspecified atom stereocenters. The zero-order chi connectivity index (χ0) is 8.43. The molecule has 0 aliphatic heterocycles. The fraction of sp³-hybridized carbons (Fsp3) is 0.667. The maximum absolute atomic E-state index is 11.0. The van der Waals surface area contributed by atoms with Crippen LogP contribution >= 0.6 is 0 Å². The van der Waals surface area contributed by atoms with Crippen LogP contribution < -0.4 is 0 Å². The van der Waals surface area contributed by atoms with Crippen LogP contribution in [0.2, 0.25) is 0 Å². The van der Waals surface area contributed by atoms with Crippen molar-refractivity contribution in [1.29, 1.82) is 0 Å². The summed E-state index contributed by atoms with van der Waals surface area (Å²) in [5.41, 5.74) is 1.38. The first-order chi connectivity index (χ1) is 5.20. The third-order valence-corrected chi connectivity index (χ3v) is 2.52. The van der Waals surface area contributed by atoms with Gasteiger partial charge in [-0.05, 0) is 19.3 Å². The minimum Gasteiger partial charge on any atom is -0.469 e. The Hall–Kier alpha value is -0.790. The molecule has 0 saturated heterocycles. The van der Waals surface area contributed by atoms with E-state index < -0.39 is 0 Å². The summed E-state index contributed by atoms with van der Waals surface area (Å²) in [6.07, 6.45) is 2.98. The van der Waals surface area contributed by atoms with Gasteiger partial charge in [0, 0.05) is 0 Å². The number of carbonyl (C=O) groups excluding carboxylic acids is 1. The maximum atomic E-state index is 11.0. The minimum atomic E-state index is -0.0666. The van der Waals surface area contributed by atoms with E-state index in [-0.39, 0.29) is 11.9 Å². The summed E-state index contributed by atoms with van der Waals surface area (Å²) < 4.78 is 4.65. The number of hydrogen-bond acceptors (Lipinski definition) is 2. The Balaban J connectivity index is 2.51. The number of methoxy groups -OCH3 is 1. The molecule has 0 amide bonds. The first kappa shape index (κ1) is 8.31. The number of allylic oxidation sites excluding steroid dienone is 2. The van der Waals surface area contributed by atoms with Gasteiger partial charge >= 0.3 is 5.97 Å². The molecular weight excluding hydrogens is 140 g/mol. The molecule has 0 heterocycles. The van der Waals surface area contributed by atoms with E-state index in [4.69, 9.17) is 0 Å². The lowest BCUT2D eigenvalue weighted by atomic mass is 9.70. The van der Waals surface area contributed by atoms with Crippen LogP contribution in [-0.2, 0) is 9.53 Å². The Morgan fingerprint density at radius 1 is 1.73 bits per heavy atom. The molecule has 1 aliphatic carbocycles. The van der Waals surface area contributed by atoms with E-state index in [0.717, 1.165) is 6.42 Å². The number of esters is 1. The highest BCUT2D eigenvalue weighted by Crippen LogP contribution is 2.39. The minimum absolute atomic E-state index is 0.0666. The van der Waals surface area contributed by atoms with Gasteiger partial charge in [0.25, 0.3) is 0 Å². The summed E-state index contributed by atoms with van der Waals surface area (Å²) >= 11 is 0. The predicted octanol–water partition coefficient (Wildman–Crippen LogP) is 1.76. The second-order valence-corrected chi connectivity index (χ2v) is 2.99. The molecule has 1 aliphatic rings. The van der Waals surface area contributed by atoms with Crippen LogP contribution in [0.4, 0.5) is 0 Å². The van der Waals surface area contributed by atoms with Crippen LogP contribution in [0.1, 0.15) is 20.3 Å². The van der Waals surface area contributed by atoms with Gasteiger partial charge in [-0.1, -0.05) is 18.6 Å². The van der Waals surface area contributed by atoms with Crippen molar-refractivity contribution in [1.82, 2.24) is 0 Å². The van der Waals surface area contributed by atoms with E-state index in [1.54, 1.807) is 0 Å². The van der Waals surface area contributed by atoms with E-state index in [1.165, 1.54) is 12.7 Å². The van der Waals surface area contributed by atoms with Gasteiger partial charge in [-0.3, -0.25) is 4.79 Å². The fourth-order valence-electron chi connectivity index (χ4n) is 1.53. The summed E-state index contributed by atoms with van der Waals surface area (Å²) in [5, 5.41) is 0. The van der Waals surface area contributed by atoms with Crippen LogP contribution in [0.15, 0.2) is 11.6 Å². The molecule has 1 saturated carbocycles. The lowest BCUT2D eigenvalue weighted by Gasteiger charge is -2.34. The van der Waals surface area contributed by atoms with Gasteiger partial charge in [-0.2, -0.15) is 0 Å². The lowest BCUT2D eigenvalue weighted by molar-refractivity contribution is -0.148. The van der Waals surface area contributed by atoms with E-state index in [9.17, 15) is 4.79 Å². The topological polar surface area (TPSA) is 26.3 Å². The zero-order valence-electron chi connectivity index (χ0n) is 7.26. The number of ether oxygens (including phenoxy) is 1. The zero-order valence-corrected chi connectivity index (χ0v) is 7.26. The molecule has 11 heavy (non-hydrogen) atoms. The summed E-state index contributed by atoms with van der Waals surface area (Å²) in [5.74, 6) is 0.446. The van der Waals surface area contributed by atoms with Crippen LogP contribution in [-0.4, -0.2) is 13.1 Å². The van der Waals surface area contributed by atoms with Gasteiger partial charge in [0.2, 0.25) is 0 Å². The highest BCUT2D eigenvalue weighted by atomic mass is 16.5. The number of hydrogen-bond donors (Lipinski definition) is 0. The Morgan fingerprint density at radius 3 is 2.73 bits per heavy atom. The standard InChI is InChI=1S/C9H14O2/c1-4-7-5-8(6(7)2)9(10)11-3/h4,6,8H,5H2,1-3H3/b7-4-/t6-,8+/m0/s1. The second kappa shape index (κ2) is 3.07. The van der Waals surface area contributed by atoms with E-state index in [1.807, 2.05) is 6.92 Å². The van der Waals surface area contributed by atoms with E-state index in [0.29, 0.717) is 5.92 Å². The summed E-state index contributed by atoms with van der Waals surface area (Å²) in [4.78, 5) is 11.0. The van der Waals surface area contributed by atoms with Crippen LogP contribution in [0.25, 0.3) is 0 Å². The van der Waals surface area contributed by atoms with Crippen LogP contribution in [0.5, 0.6) is 0 Å². The first-order valence-corrected chi connectivity index (χ1v) is 3.93. The van der Waals surface area contributed by atoms with Gasteiger partial charge in [0.1, 0.15) is 0 Å². The Morgan fingerprint density at radius 2 is 2.36 bits per heavy atom. The van der Waals surface area contributed by atoms with Gasteiger partial charge in [-0.25, -0.2) is 0 Å². The van der Waals surface area contributed by atoms with Crippen molar-refractivity contribution < 1.29 is 9.53 Å². The molecular formula is C9H14O2. The summed E-state index contributed by atoms with van der Waals surface area (Å²) in [6, 6.07) is 0. The van der Waals surface area contributed by atoms with Crippen molar-refractivity contribution in [3.63, 3.8) is 0 Å². The highest BCUT2D eigenvalue weighted by Gasteiger charge is 2.37. The molecule has 1 fully saturated rings. The Bertz CT molecular complexity index is 194. The largest absolute Gasteiger partial charge is 0.469 e. The third-order valence-electron chi connectivity index (χ3n) is 2.52. The average Bonchev–Trinajstić information content (AvgIpc) is 2.02. The predicted molar refractivity (Wildman–Crippen MR) is 43.0 cm³/mol. The highest BCUT2D eigenvalue weighted by molar-refractivity contribution is 5.75. The van der Waals surface area contributed by atoms with Crippen molar-refractivity contribution in [2.45, 2.75) is 20.3 Å². The molecule has 2 atom stereocenters. The van der Waals surface area contributed by atoms with Crippen molar-refractivity contribution in [3.05, 3.63) is 11.6 Å². The number of carbonyl (C=O) groups is 1. The Labute approximate surface area is 67.2 Å². The van der Waals surface area contributed by atoms with Gasteiger partial charge in [-0.15, -0.1) is 0 Å². The third kappa shape index (κ3) is 1.30. The quantitative estimate of drug-likeness (QED) is 0.425. The van der Waals surface area contributed by atoms with Crippen molar-refractivity contribution in [3.8, 4) is 0 Å². The van der Waals surface area contributed by atoms with Gasteiger partial charge < -0.3 is 4.74 Å². The van der Waals surface area contributed by atoms with Crippen LogP contribution in [0.3, 0.4) is 0 Å². The molecule has 2 heteroatoms. The maximum Gasteiger partial charge on any atom is 0.309 e. The molecule has 0 spiro atoms. The van der Waals surface area contributed by atoms with Gasteiger partial charge in [0.15, 0.2) is 0 Å². The lowest BCUT2D eigenvalue weighted by Crippen LogP contribution is -2.34. The molecule has 0 N–H and O–H groups in total. The number of rotatable bonds is 1. The molecule has 0 aromatic carbocycles. The molecule has 0 bridgehead atoms. The second-order valence-electron chi connectivity index (χ2n) is 2.99. The summed E-state index contributed by atoms with van der Waals surface area (Å²) in [7, 11) is 1.45. The monoisotopic (exact) mass is 154 g/mol. The molecule has 0 aromatic heterocycles. The molecule has 0 radical (unpaired) electrons. The van der Waals surface area contributed by atoms with E-state index in [2.05, 4.69) is 17.7 Å². The van der Waals surface area contributed by atoms with Crippen molar-refractivity contribution in [2.24, 2.45) is 11.8 Å². The van der Waals surface area contributed by atoms with Crippen LogP contribution in [0, 0.1) is 11.8 Å². The SMILES string of the molecule is C/C=C1/C[C@@H](C(=O)OC)[C@H]1C. The molecule has 1 rings (SSSR count). The molecule has 2 nitrogen and oxygen atoms in total. The first-order valence-electron chi connectivity index (χ1n) is 3.93. The average molecular weight is 154 g/mol. The van der Waals surface area contributed by atoms with Crippen molar-refractivity contribution >= 4 is 5.97 Å². The summed E-state index contributed by atoms with van der Waals surface area (Å²) in [6.45, 7) is 4.08. The smallest absolute Gasteiger partial charge is 0.309 e. The van der Waals surface area contributed by atoms with Gasteiger partial charge in [0.05, 0.1) is 13.0 Å². The fourth-order valence-corrected chi connectivity index (χ4v) is 1.53. The van der Waals surface area contributed by atoms with E-state index >= 15 is 0 Å². The molecule has 0 aromatic rings. The molecule has 62 valence electrons.